The fraction of sp³-hybridized carbons (Fsp3) is 0.333. The predicted octanol–water partition coefficient (Wildman–Crippen LogP) is 4.70. The van der Waals surface area contributed by atoms with E-state index in [1.165, 1.54) is 16.9 Å². The number of alkyl halides is 3. The van der Waals surface area contributed by atoms with Crippen molar-refractivity contribution in [3.63, 3.8) is 0 Å². The molecule has 0 spiro atoms. The molecular formula is C21H21F3N4O. The number of carbonyl (C=O) groups excluding carboxylic acids is 1. The number of benzene rings is 1. The van der Waals surface area contributed by atoms with E-state index in [2.05, 4.69) is 5.10 Å². The van der Waals surface area contributed by atoms with Gasteiger partial charge in [-0.3, -0.25) is 4.79 Å². The molecule has 1 saturated carbocycles. The summed E-state index contributed by atoms with van der Waals surface area (Å²) in [6.45, 7) is 0. The minimum Gasteiger partial charge on any atom is -0.339 e. The number of halogens is 3. The van der Waals surface area contributed by atoms with Crippen molar-refractivity contribution in [2.75, 3.05) is 7.05 Å². The number of rotatable bonds is 4. The largest absolute Gasteiger partial charge is 0.416 e. The van der Waals surface area contributed by atoms with Crippen molar-refractivity contribution in [1.82, 2.24) is 19.2 Å². The van der Waals surface area contributed by atoms with Crippen molar-refractivity contribution >= 4 is 5.91 Å². The highest BCUT2D eigenvalue weighted by atomic mass is 19.4. The van der Waals surface area contributed by atoms with Crippen molar-refractivity contribution in [2.24, 2.45) is 0 Å². The lowest BCUT2D eigenvalue weighted by Crippen LogP contribution is -2.35. The van der Waals surface area contributed by atoms with Crippen molar-refractivity contribution in [2.45, 2.75) is 37.9 Å². The van der Waals surface area contributed by atoms with E-state index in [1.54, 1.807) is 47.1 Å². The van der Waals surface area contributed by atoms with Crippen LogP contribution >= 0.6 is 0 Å². The van der Waals surface area contributed by atoms with Gasteiger partial charge in [-0.1, -0.05) is 18.9 Å². The molecule has 0 unspecified atom stereocenters. The van der Waals surface area contributed by atoms with Crippen LogP contribution in [-0.2, 0) is 6.18 Å². The first-order valence-electron chi connectivity index (χ1n) is 9.52. The standard InChI is InChI=1S/C21H21F3N4O/c1-26(16-8-2-3-9-16)20(29)18-14-25-28(19(18)27-11-4-5-12-27)17-10-6-7-15(13-17)21(22,23)24/h4-7,10-14,16H,2-3,8-9H2,1H3. The summed E-state index contributed by atoms with van der Waals surface area (Å²) in [5.41, 5.74) is -0.168. The lowest BCUT2D eigenvalue weighted by Gasteiger charge is -2.24. The lowest BCUT2D eigenvalue weighted by molar-refractivity contribution is -0.137. The van der Waals surface area contributed by atoms with Crippen LogP contribution in [0.25, 0.3) is 11.5 Å². The Kier molecular flexibility index (Phi) is 4.94. The summed E-state index contributed by atoms with van der Waals surface area (Å²) in [7, 11) is 1.78. The zero-order chi connectivity index (χ0) is 20.6. The van der Waals surface area contributed by atoms with Gasteiger partial charge < -0.3 is 9.47 Å². The van der Waals surface area contributed by atoms with E-state index in [0.29, 0.717) is 11.4 Å². The summed E-state index contributed by atoms with van der Waals surface area (Å²) in [6.07, 6.45) is 4.57. The van der Waals surface area contributed by atoms with Gasteiger partial charge in [0.15, 0.2) is 5.82 Å². The summed E-state index contributed by atoms with van der Waals surface area (Å²) >= 11 is 0. The van der Waals surface area contributed by atoms with Crippen LogP contribution in [0.15, 0.2) is 55.0 Å². The van der Waals surface area contributed by atoms with E-state index in [-0.39, 0.29) is 17.6 Å². The number of amides is 1. The molecule has 0 bridgehead atoms. The van der Waals surface area contributed by atoms with Crippen LogP contribution in [0.3, 0.4) is 0 Å². The third-order valence-corrected chi connectivity index (χ3v) is 5.43. The molecule has 0 saturated heterocycles. The molecule has 0 N–H and O–H groups in total. The second-order valence-electron chi connectivity index (χ2n) is 7.29. The van der Waals surface area contributed by atoms with Crippen molar-refractivity contribution < 1.29 is 18.0 Å². The Bertz CT molecular complexity index is 1000. The van der Waals surface area contributed by atoms with Crippen LogP contribution in [0.2, 0.25) is 0 Å². The first-order valence-corrected chi connectivity index (χ1v) is 9.52. The molecule has 4 rings (SSSR count). The Morgan fingerprint density at radius 2 is 1.83 bits per heavy atom. The first kappa shape index (κ1) is 19.3. The van der Waals surface area contributed by atoms with Crippen LogP contribution in [-0.4, -0.2) is 38.2 Å². The van der Waals surface area contributed by atoms with E-state index < -0.39 is 11.7 Å². The minimum absolute atomic E-state index is 0.178. The second-order valence-corrected chi connectivity index (χ2v) is 7.29. The predicted molar refractivity (Wildman–Crippen MR) is 102 cm³/mol. The number of hydrogen-bond acceptors (Lipinski definition) is 2. The maximum Gasteiger partial charge on any atom is 0.416 e. The molecule has 1 fully saturated rings. The molecule has 2 heterocycles. The third-order valence-electron chi connectivity index (χ3n) is 5.43. The lowest BCUT2D eigenvalue weighted by atomic mass is 10.1. The molecule has 29 heavy (non-hydrogen) atoms. The van der Waals surface area contributed by atoms with Gasteiger partial charge in [0.05, 0.1) is 17.4 Å². The van der Waals surface area contributed by atoms with Gasteiger partial charge in [-0.2, -0.15) is 18.3 Å². The van der Waals surface area contributed by atoms with Gasteiger partial charge in [-0.15, -0.1) is 0 Å². The number of hydrogen-bond donors (Lipinski definition) is 0. The molecule has 1 aliphatic rings. The van der Waals surface area contributed by atoms with Crippen LogP contribution < -0.4 is 0 Å². The molecule has 8 heteroatoms. The summed E-state index contributed by atoms with van der Waals surface area (Å²) in [6, 6.07) is 8.70. The Morgan fingerprint density at radius 3 is 2.48 bits per heavy atom. The Hall–Kier alpha value is -3.03. The van der Waals surface area contributed by atoms with Gasteiger partial charge in [-0.05, 0) is 43.2 Å². The Balaban J connectivity index is 1.79. The van der Waals surface area contributed by atoms with Crippen LogP contribution in [0.5, 0.6) is 0 Å². The van der Waals surface area contributed by atoms with Crippen LogP contribution in [0, 0.1) is 0 Å². The van der Waals surface area contributed by atoms with E-state index >= 15 is 0 Å². The molecule has 0 radical (unpaired) electrons. The number of nitrogens with zero attached hydrogens (tertiary/aromatic N) is 4. The third kappa shape index (κ3) is 3.66. The van der Waals surface area contributed by atoms with E-state index in [4.69, 9.17) is 0 Å². The fourth-order valence-electron chi connectivity index (χ4n) is 3.87. The molecule has 3 aromatic rings. The van der Waals surface area contributed by atoms with E-state index in [0.717, 1.165) is 37.8 Å². The molecular weight excluding hydrogens is 381 g/mol. The summed E-state index contributed by atoms with van der Waals surface area (Å²) in [5, 5.41) is 4.28. The highest BCUT2D eigenvalue weighted by molar-refractivity contribution is 5.97. The molecule has 152 valence electrons. The quantitative estimate of drug-likeness (QED) is 0.635. The molecule has 2 aromatic heterocycles. The summed E-state index contributed by atoms with van der Waals surface area (Å²) < 4.78 is 42.6. The second kappa shape index (κ2) is 7.42. The summed E-state index contributed by atoms with van der Waals surface area (Å²) in [5.74, 6) is 0.239. The van der Waals surface area contributed by atoms with Crippen LogP contribution in [0.1, 0.15) is 41.6 Å². The number of carbonyl (C=O) groups is 1. The van der Waals surface area contributed by atoms with E-state index in [1.807, 2.05) is 0 Å². The highest BCUT2D eigenvalue weighted by Gasteiger charge is 2.32. The average Bonchev–Trinajstić information content (AvgIpc) is 3.47. The van der Waals surface area contributed by atoms with Gasteiger partial charge in [0, 0.05) is 25.5 Å². The smallest absolute Gasteiger partial charge is 0.339 e. The highest BCUT2D eigenvalue weighted by Crippen LogP contribution is 2.31. The monoisotopic (exact) mass is 402 g/mol. The van der Waals surface area contributed by atoms with Gasteiger partial charge in [0.2, 0.25) is 0 Å². The summed E-state index contributed by atoms with van der Waals surface area (Å²) in [4.78, 5) is 14.9. The molecule has 5 nitrogen and oxygen atoms in total. The zero-order valence-electron chi connectivity index (χ0n) is 15.9. The molecule has 1 aliphatic carbocycles. The van der Waals surface area contributed by atoms with Gasteiger partial charge in [0.25, 0.3) is 5.91 Å². The van der Waals surface area contributed by atoms with Gasteiger partial charge in [0.1, 0.15) is 5.56 Å². The van der Waals surface area contributed by atoms with Crippen molar-refractivity contribution in [3.05, 3.63) is 66.1 Å². The Labute approximate surface area is 166 Å². The fourth-order valence-corrected chi connectivity index (χ4v) is 3.87. The Morgan fingerprint density at radius 1 is 1.14 bits per heavy atom. The average molecular weight is 402 g/mol. The van der Waals surface area contributed by atoms with Crippen molar-refractivity contribution in [1.29, 1.82) is 0 Å². The molecule has 0 aliphatic heterocycles. The maximum absolute atomic E-state index is 13.2. The number of aromatic nitrogens is 3. The van der Waals surface area contributed by atoms with Gasteiger partial charge in [-0.25, -0.2) is 4.68 Å². The normalized spacial score (nSPS) is 15.0. The van der Waals surface area contributed by atoms with E-state index in [9.17, 15) is 18.0 Å². The minimum atomic E-state index is -4.46. The molecule has 0 atom stereocenters. The van der Waals surface area contributed by atoms with Crippen LogP contribution in [0.4, 0.5) is 13.2 Å². The zero-order valence-corrected chi connectivity index (χ0v) is 15.9. The first-order chi connectivity index (χ1) is 13.9. The molecule has 1 aromatic carbocycles. The SMILES string of the molecule is CN(C(=O)c1cnn(-c2cccc(C(F)(F)F)c2)c1-n1cccc1)C1CCCC1. The maximum atomic E-state index is 13.2. The molecule has 1 amide bonds. The van der Waals surface area contributed by atoms with Gasteiger partial charge >= 0.3 is 6.18 Å². The topological polar surface area (TPSA) is 43.1 Å². The van der Waals surface area contributed by atoms with Crippen molar-refractivity contribution in [3.8, 4) is 11.5 Å².